The number of halogens is 3. The van der Waals surface area contributed by atoms with Gasteiger partial charge in [-0.15, -0.1) is 6.58 Å². The van der Waals surface area contributed by atoms with Crippen LogP contribution in [-0.2, 0) is 6.18 Å². The van der Waals surface area contributed by atoms with Crippen molar-refractivity contribution in [2.45, 2.75) is 18.6 Å². The molecule has 0 saturated heterocycles. The third-order valence-corrected chi connectivity index (χ3v) is 3.36. The second kappa shape index (κ2) is 7.13. The average molecular weight is 319 g/mol. The van der Waals surface area contributed by atoms with Crippen molar-refractivity contribution in [2.75, 3.05) is 0 Å². The molecule has 0 spiro atoms. The van der Waals surface area contributed by atoms with Crippen molar-refractivity contribution >= 4 is 5.91 Å². The Morgan fingerprint density at radius 1 is 1.13 bits per heavy atom. The number of nitrogens with one attached hydrogen (secondary N) is 1. The molecule has 5 heteroatoms. The molecule has 2 aromatic rings. The van der Waals surface area contributed by atoms with Crippen LogP contribution in [0.2, 0.25) is 0 Å². The number of amides is 1. The van der Waals surface area contributed by atoms with Gasteiger partial charge in [0.2, 0.25) is 0 Å². The van der Waals surface area contributed by atoms with Crippen LogP contribution < -0.4 is 5.32 Å². The Morgan fingerprint density at radius 3 is 2.43 bits per heavy atom. The first-order valence-corrected chi connectivity index (χ1v) is 7.06. The molecule has 120 valence electrons. The summed E-state index contributed by atoms with van der Waals surface area (Å²) in [5.74, 6) is -0.338. The van der Waals surface area contributed by atoms with Gasteiger partial charge >= 0.3 is 6.18 Å². The van der Waals surface area contributed by atoms with Crippen LogP contribution >= 0.6 is 0 Å². The van der Waals surface area contributed by atoms with Gasteiger partial charge in [-0.2, -0.15) is 13.2 Å². The molecule has 23 heavy (non-hydrogen) atoms. The molecule has 2 rings (SSSR count). The summed E-state index contributed by atoms with van der Waals surface area (Å²) in [6.45, 7) is 3.60. The summed E-state index contributed by atoms with van der Waals surface area (Å²) in [5.41, 5.74) is 0.107. The predicted molar refractivity (Wildman–Crippen MR) is 82.9 cm³/mol. The molecule has 0 saturated carbocycles. The Balaban J connectivity index is 2.25. The van der Waals surface area contributed by atoms with E-state index < -0.39 is 17.8 Å². The molecular weight excluding hydrogens is 303 g/mol. The first kappa shape index (κ1) is 16.8. The Bertz CT molecular complexity index is 680. The SMILES string of the molecule is C=CC[C@@H](NC(=O)c1ccccc1)c1cccc(C(F)(F)F)c1. The van der Waals surface area contributed by atoms with Crippen molar-refractivity contribution < 1.29 is 18.0 Å². The van der Waals surface area contributed by atoms with E-state index >= 15 is 0 Å². The summed E-state index contributed by atoms with van der Waals surface area (Å²) in [5, 5.41) is 2.75. The van der Waals surface area contributed by atoms with E-state index in [2.05, 4.69) is 11.9 Å². The molecule has 0 fully saturated rings. The quantitative estimate of drug-likeness (QED) is 0.792. The standard InChI is InChI=1S/C18H16F3NO/c1-2-7-16(22-17(23)13-8-4-3-5-9-13)14-10-6-11-15(12-14)18(19,20)21/h2-6,8-12,16H,1,7H2,(H,22,23)/t16-/m1/s1. The van der Waals surface area contributed by atoms with Crippen LogP contribution in [0.4, 0.5) is 13.2 Å². The van der Waals surface area contributed by atoms with E-state index in [-0.39, 0.29) is 5.91 Å². The van der Waals surface area contributed by atoms with Crippen LogP contribution in [-0.4, -0.2) is 5.91 Å². The first-order valence-electron chi connectivity index (χ1n) is 7.06. The van der Waals surface area contributed by atoms with Gasteiger partial charge in [-0.05, 0) is 36.2 Å². The molecule has 0 heterocycles. The number of hydrogen-bond acceptors (Lipinski definition) is 1. The van der Waals surface area contributed by atoms with E-state index in [4.69, 9.17) is 0 Å². The van der Waals surface area contributed by atoms with Crippen LogP contribution in [0.15, 0.2) is 67.3 Å². The smallest absolute Gasteiger partial charge is 0.345 e. The third-order valence-electron chi connectivity index (χ3n) is 3.36. The van der Waals surface area contributed by atoms with Crippen LogP contribution in [0.1, 0.15) is 33.9 Å². The summed E-state index contributed by atoms with van der Waals surface area (Å²) in [4.78, 5) is 12.2. The van der Waals surface area contributed by atoms with Crippen LogP contribution in [0.3, 0.4) is 0 Å². The number of carbonyl (C=O) groups excluding carboxylic acids is 1. The monoisotopic (exact) mass is 319 g/mol. The molecule has 1 amide bonds. The molecule has 1 atom stereocenters. The summed E-state index contributed by atoms with van der Waals surface area (Å²) in [6, 6.07) is 12.9. The Morgan fingerprint density at radius 2 is 1.83 bits per heavy atom. The first-order chi connectivity index (χ1) is 10.9. The highest BCUT2D eigenvalue weighted by atomic mass is 19.4. The van der Waals surface area contributed by atoms with E-state index in [0.717, 1.165) is 12.1 Å². The Hall–Kier alpha value is -2.56. The van der Waals surface area contributed by atoms with E-state index in [1.54, 1.807) is 42.5 Å². The van der Waals surface area contributed by atoms with Crippen molar-refractivity contribution in [2.24, 2.45) is 0 Å². The Labute approximate surface area is 132 Å². The molecule has 0 radical (unpaired) electrons. The van der Waals surface area contributed by atoms with E-state index in [1.165, 1.54) is 6.07 Å². The summed E-state index contributed by atoms with van der Waals surface area (Å²) in [6.07, 6.45) is -2.52. The lowest BCUT2D eigenvalue weighted by molar-refractivity contribution is -0.137. The minimum absolute atomic E-state index is 0.333. The highest BCUT2D eigenvalue weighted by molar-refractivity contribution is 5.94. The minimum Gasteiger partial charge on any atom is -0.345 e. The lowest BCUT2D eigenvalue weighted by atomic mass is 10.0. The van der Waals surface area contributed by atoms with Crippen molar-refractivity contribution in [1.82, 2.24) is 5.32 Å². The lowest BCUT2D eigenvalue weighted by Gasteiger charge is -2.19. The van der Waals surface area contributed by atoms with Crippen LogP contribution in [0.5, 0.6) is 0 Å². The summed E-state index contributed by atoms with van der Waals surface area (Å²) >= 11 is 0. The molecule has 0 aliphatic heterocycles. The van der Waals surface area contributed by atoms with Crippen molar-refractivity contribution in [3.8, 4) is 0 Å². The minimum atomic E-state index is -4.42. The lowest BCUT2D eigenvalue weighted by Crippen LogP contribution is -2.28. The second-order valence-corrected chi connectivity index (χ2v) is 5.04. The fourth-order valence-electron chi connectivity index (χ4n) is 2.21. The maximum absolute atomic E-state index is 12.8. The van der Waals surface area contributed by atoms with Crippen molar-refractivity contribution in [3.05, 3.63) is 83.9 Å². The zero-order chi connectivity index (χ0) is 16.9. The van der Waals surface area contributed by atoms with Crippen LogP contribution in [0.25, 0.3) is 0 Å². The molecule has 0 aliphatic rings. The molecule has 0 bridgehead atoms. The van der Waals surface area contributed by atoms with Gasteiger partial charge in [-0.3, -0.25) is 4.79 Å². The zero-order valence-electron chi connectivity index (χ0n) is 12.3. The highest BCUT2D eigenvalue weighted by Crippen LogP contribution is 2.31. The van der Waals surface area contributed by atoms with Crippen molar-refractivity contribution in [3.63, 3.8) is 0 Å². The number of carbonyl (C=O) groups is 1. The number of hydrogen-bond donors (Lipinski definition) is 1. The largest absolute Gasteiger partial charge is 0.416 e. The van der Waals surface area contributed by atoms with Gasteiger partial charge < -0.3 is 5.32 Å². The van der Waals surface area contributed by atoms with Gasteiger partial charge in [0.25, 0.3) is 5.91 Å². The van der Waals surface area contributed by atoms with E-state index in [0.29, 0.717) is 17.5 Å². The van der Waals surface area contributed by atoms with Gasteiger partial charge in [0.1, 0.15) is 0 Å². The summed E-state index contributed by atoms with van der Waals surface area (Å²) < 4.78 is 38.5. The number of rotatable bonds is 5. The second-order valence-electron chi connectivity index (χ2n) is 5.04. The average Bonchev–Trinajstić information content (AvgIpc) is 2.54. The summed E-state index contributed by atoms with van der Waals surface area (Å²) in [7, 11) is 0. The van der Waals surface area contributed by atoms with Gasteiger partial charge in [0, 0.05) is 5.56 Å². The van der Waals surface area contributed by atoms with Crippen LogP contribution in [0, 0.1) is 0 Å². The van der Waals surface area contributed by atoms with E-state index in [1.807, 2.05) is 0 Å². The van der Waals surface area contributed by atoms with E-state index in [9.17, 15) is 18.0 Å². The fraction of sp³-hybridized carbons (Fsp3) is 0.167. The normalized spacial score (nSPS) is 12.5. The number of alkyl halides is 3. The van der Waals surface area contributed by atoms with Gasteiger partial charge in [-0.1, -0.05) is 36.4 Å². The van der Waals surface area contributed by atoms with Crippen molar-refractivity contribution in [1.29, 1.82) is 0 Å². The van der Waals surface area contributed by atoms with Gasteiger partial charge in [-0.25, -0.2) is 0 Å². The molecule has 0 unspecified atom stereocenters. The molecule has 2 aromatic carbocycles. The molecular formula is C18H16F3NO. The molecule has 0 aliphatic carbocycles. The maximum atomic E-state index is 12.8. The Kier molecular flexibility index (Phi) is 5.21. The highest BCUT2D eigenvalue weighted by Gasteiger charge is 2.31. The predicted octanol–water partition coefficient (Wildman–Crippen LogP) is 4.75. The third kappa shape index (κ3) is 4.45. The number of benzene rings is 2. The molecule has 1 N–H and O–H groups in total. The fourth-order valence-corrected chi connectivity index (χ4v) is 2.21. The molecule has 2 nitrogen and oxygen atoms in total. The molecule has 0 aromatic heterocycles. The zero-order valence-corrected chi connectivity index (χ0v) is 12.3. The topological polar surface area (TPSA) is 29.1 Å². The van der Waals surface area contributed by atoms with Gasteiger partial charge in [0.15, 0.2) is 0 Å². The van der Waals surface area contributed by atoms with Gasteiger partial charge in [0.05, 0.1) is 11.6 Å². The maximum Gasteiger partial charge on any atom is 0.416 e.